The maximum Gasteiger partial charge on any atom is 0.136 e. The molecule has 1 aromatic heterocycles. The molecule has 6 aliphatic carbocycles. The van der Waals surface area contributed by atoms with E-state index in [0.29, 0.717) is 23.7 Å². The van der Waals surface area contributed by atoms with Crippen LogP contribution in [0.4, 0.5) is 5.69 Å². The van der Waals surface area contributed by atoms with Crippen molar-refractivity contribution in [3.05, 3.63) is 185 Å². The fraction of sp³-hybridized carbons (Fsp3) is 0.265. The van der Waals surface area contributed by atoms with Crippen molar-refractivity contribution in [3.63, 3.8) is 0 Å². The van der Waals surface area contributed by atoms with Crippen molar-refractivity contribution in [2.45, 2.75) is 56.5 Å². The molecule has 260 valence electrons. The highest BCUT2D eigenvalue weighted by molar-refractivity contribution is 5.96. The van der Waals surface area contributed by atoms with Gasteiger partial charge < -0.3 is 10.2 Å². The van der Waals surface area contributed by atoms with E-state index in [-0.39, 0.29) is 18.0 Å². The number of benzene rings is 2. The first-order valence-corrected chi connectivity index (χ1v) is 19.8. The number of nitrogens with zero attached hydrogens (tertiary/aromatic N) is 3. The van der Waals surface area contributed by atoms with Gasteiger partial charge in [-0.3, -0.25) is 0 Å². The van der Waals surface area contributed by atoms with Gasteiger partial charge in [0.05, 0.1) is 28.5 Å². The van der Waals surface area contributed by atoms with Gasteiger partial charge in [0.25, 0.3) is 0 Å². The third-order valence-corrected chi connectivity index (χ3v) is 12.9. The summed E-state index contributed by atoms with van der Waals surface area (Å²) >= 11 is 0. The monoisotopic (exact) mass is 688 g/mol. The highest BCUT2D eigenvalue weighted by Gasteiger charge is 2.41. The number of para-hydroxylation sites is 1. The molecule has 53 heavy (non-hydrogen) atoms. The van der Waals surface area contributed by atoms with Gasteiger partial charge in [0.2, 0.25) is 0 Å². The van der Waals surface area contributed by atoms with Crippen LogP contribution < -0.4 is 10.2 Å². The minimum absolute atomic E-state index is 0.0238. The van der Waals surface area contributed by atoms with Crippen molar-refractivity contribution >= 4 is 16.8 Å². The van der Waals surface area contributed by atoms with Gasteiger partial charge in [0, 0.05) is 23.3 Å². The molecule has 8 aliphatic rings. The summed E-state index contributed by atoms with van der Waals surface area (Å²) in [6.45, 7) is 0. The lowest BCUT2D eigenvalue weighted by Crippen LogP contribution is -2.37. The number of rotatable bonds is 4. The van der Waals surface area contributed by atoms with Gasteiger partial charge in [-0.15, -0.1) is 0 Å². The van der Waals surface area contributed by atoms with Crippen LogP contribution >= 0.6 is 0 Å². The third-order valence-electron chi connectivity index (χ3n) is 12.9. The topological polar surface area (TPSA) is 41.1 Å². The van der Waals surface area contributed by atoms with Crippen LogP contribution in [0, 0.1) is 23.7 Å². The summed E-state index contributed by atoms with van der Waals surface area (Å²) in [5.41, 5.74) is 14.3. The van der Waals surface area contributed by atoms with Gasteiger partial charge in [-0.25, -0.2) is 9.97 Å². The Balaban J connectivity index is 0.940. The molecule has 0 spiro atoms. The van der Waals surface area contributed by atoms with Crippen LogP contribution in [0.25, 0.3) is 22.3 Å². The Morgan fingerprint density at radius 2 is 1.49 bits per heavy atom. The summed E-state index contributed by atoms with van der Waals surface area (Å²) in [5, 5.41) is 3.98. The zero-order valence-electron chi connectivity index (χ0n) is 30.0. The minimum atomic E-state index is 0.0238. The molecule has 7 atom stereocenters. The van der Waals surface area contributed by atoms with Gasteiger partial charge in [-0.1, -0.05) is 134 Å². The van der Waals surface area contributed by atoms with Crippen LogP contribution in [0.3, 0.4) is 0 Å². The standard InChI is InChI=1S/C49H44N4/c1-3-12-35-28-37(26-20-31(35)10-1)44-30-45(38-27-21-32-11-2-4-13-36(32)29-38)51-48(50-44)33-22-24-34(25-23-33)49-52-43-18-9-17-42-40-15-6-5-14-39(40)41-16-7-8-19-46(41)53(49)47(42)43/h1-8,10-16,18-20,22,24-27,30-33,35-37,49,52H,9,17,21,23,28-29H2. The minimum Gasteiger partial charge on any atom is -0.360 e. The molecule has 11 rings (SSSR count). The molecule has 3 aromatic rings. The van der Waals surface area contributed by atoms with E-state index in [2.05, 4.69) is 156 Å². The Labute approximate surface area is 312 Å². The largest absolute Gasteiger partial charge is 0.360 e. The predicted octanol–water partition coefficient (Wildman–Crippen LogP) is 10.9. The molecule has 3 heterocycles. The Bertz CT molecular complexity index is 2340. The average molecular weight is 689 g/mol. The molecule has 2 aromatic carbocycles. The molecule has 0 saturated carbocycles. The van der Waals surface area contributed by atoms with E-state index < -0.39 is 0 Å². The molecule has 1 N–H and O–H groups in total. The molecule has 7 unspecified atom stereocenters. The number of fused-ring (bicyclic) bond motifs is 7. The number of anilines is 1. The van der Waals surface area contributed by atoms with Gasteiger partial charge in [0.15, 0.2) is 0 Å². The average Bonchev–Trinajstić information content (AvgIpc) is 3.57. The molecule has 0 radical (unpaired) electrons. The highest BCUT2D eigenvalue weighted by atomic mass is 15.4. The summed E-state index contributed by atoms with van der Waals surface area (Å²) in [6, 6.07) is 20.3. The van der Waals surface area contributed by atoms with Gasteiger partial charge in [-0.05, 0) is 96.3 Å². The van der Waals surface area contributed by atoms with Crippen LogP contribution in [0.5, 0.6) is 0 Å². The lowest BCUT2D eigenvalue weighted by atomic mass is 9.75. The number of allylic oxidation sites excluding steroid dienone is 16. The summed E-state index contributed by atoms with van der Waals surface area (Å²) < 4.78 is 0. The number of aromatic nitrogens is 2. The first kappa shape index (κ1) is 31.1. The summed E-state index contributed by atoms with van der Waals surface area (Å²) in [6.07, 6.45) is 41.4. The van der Waals surface area contributed by atoms with Gasteiger partial charge >= 0.3 is 0 Å². The van der Waals surface area contributed by atoms with Crippen molar-refractivity contribution in [3.8, 4) is 11.1 Å². The van der Waals surface area contributed by atoms with Crippen LogP contribution in [0.2, 0.25) is 0 Å². The molecule has 4 nitrogen and oxygen atoms in total. The third kappa shape index (κ3) is 5.25. The Morgan fingerprint density at radius 3 is 2.38 bits per heavy atom. The second kappa shape index (κ2) is 12.6. The molecular weight excluding hydrogens is 645 g/mol. The number of hydrogen-bond donors (Lipinski definition) is 1. The van der Waals surface area contributed by atoms with Crippen molar-refractivity contribution < 1.29 is 0 Å². The predicted molar refractivity (Wildman–Crippen MR) is 216 cm³/mol. The second-order valence-electron chi connectivity index (χ2n) is 15.9. The quantitative estimate of drug-likeness (QED) is 0.277. The SMILES string of the molecule is C1=CC2C=CC(c3cc(C4=CCC5C=CC=CC5C4)nc(C4C=CC(C5NC6=CCCC7=C6N5c5ccccc5-c5ccccc57)=CC4)n3)CC2C=C1. The van der Waals surface area contributed by atoms with Crippen molar-refractivity contribution in [1.29, 1.82) is 0 Å². The molecule has 0 amide bonds. The molecular formula is C49H44N4. The Kier molecular flexibility index (Phi) is 7.38. The second-order valence-corrected chi connectivity index (χ2v) is 15.9. The first-order chi connectivity index (χ1) is 26.2. The fourth-order valence-electron chi connectivity index (χ4n) is 10.1. The van der Waals surface area contributed by atoms with Gasteiger partial charge in [-0.2, -0.15) is 0 Å². The maximum atomic E-state index is 5.41. The summed E-state index contributed by atoms with van der Waals surface area (Å²) in [4.78, 5) is 13.4. The number of nitrogens with one attached hydrogen (secondary N) is 1. The number of hydrogen-bond acceptors (Lipinski definition) is 4. The normalized spacial score (nSPS) is 29.9. The Morgan fingerprint density at radius 1 is 0.679 bits per heavy atom. The maximum absolute atomic E-state index is 5.41. The first-order valence-electron chi connectivity index (χ1n) is 19.8. The van der Waals surface area contributed by atoms with E-state index in [1.54, 1.807) is 0 Å². The van der Waals surface area contributed by atoms with E-state index in [1.165, 1.54) is 56.2 Å². The zero-order chi connectivity index (χ0) is 34.9. The zero-order valence-corrected chi connectivity index (χ0v) is 30.0. The molecule has 0 bridgehead atoms. The summed E-state index contributed by atoms with van der Waals surface area (Å²) in [5.74, 6) is 3.53. The molecule has 4 heteroatoms. The van der Waals surface area contributed by atoms with Crippen LogP contribution in [0.1, 0.15) is 73.1 Å². The van der Waals surface area contributed by atoms with Crippen molar-refractivity contribution in [1.82, 2.24) is 15.3 Å². The summed E-state index contributed by atoms with van der Waals surface area (Å²) in [7, 11) is 0. The van der Waals surface area contributed by atoms with E-state index in [4.69, 9.17) is 9.97 Å². The van der Waals surface area contributed by atoms with Gasteiger partial charge in [0.1, 0.15) is 12.0 Å². The van der Waals surface area contributed by atoms with E-state index in [9.17, 15) is 0 Å². The fourth-order valence-corrected chi connectivity index (χ4v) is 10.1. The van der Waals surface area contributed by atoms with Crippen LogP contribution in [-0.2, 0) is 0 Å². The lowest BCUT2D eigenvalue weighted by molar-refractivity contribution is 0.454. The smallest absolute Gasteiger partial charge is 0.136 e. The van der Waals surface area contributed by atoms with E-state index in [1.807, 2.05) is 0 Å². The van der Waals surface area contributed by atoms with E-state index >= 15 is 0 Å². The lowest BCUT2D eigenvalue weighted by Gasteiger charge is -2.31. The van der Waals surface area contributed by atoms with Crippen molar-refractivity contribution in [2.24, 2.45) is 23.7 Å². The van der Waals surface area contributed by atoms with Crippen molar-refractivity contribution in [2.75, 3.05) is 4.90 Å². The molecule has 2 aliphatic heterocycles. The molecule has 1 fully saturated rings. The van der Waals surface area contributed by atoms with E-state index in [0.717, 1.165) is 50.0 Å². The highest BCUT2D eigenvalue weighted by Crippen LogP contribution is 2.51. The van der Waals surface area contributed by atoms with Crippen LogP contribution in [0.15, 0.2) is 163 Å². The van der Waals surface area contributed by atoms with Crippen LogP contribution in [-0.4, -0.2) is 16.1 Å². The molecule has 1 saturated heterocycles. The Hall–Kier alpha value is -5.48.